The second kappa shape index (κ2) is 5.89. The van der Waals surface area contributed by atoms with E-state index in [0.29, 0.717) is 0 Å². The lowest BCUT2D eigenvalue weighted by Gasteiger charge is -2.44. The Labute approximate surface area is 103 Å². The lowest BCUT2D eigenvalue weighted by atomic mass is 9.61. The molecule has 1 saturated carbocycles. The first-order valence-electron chi connectivity index (χ1n) is 7.08. The van der Waals surface area contributed by atoms with Crippen molar-refractivity contribution >= 4 is 0 Å². The predicted molar refractivity (Wildman–Crippen MR) is 73.4 cm³/mol. The van der Waals surface area contributed by atoms with Crippen molar-refractivity contribution in [3.05, 3.63) is 12.7 Å². The standard InChI is InChI=1S/C16H30/c1-7-8-15(14(6)11(2)3)10-16-12(4)9-13(16)5/h7,11-16H,1,8-10H2,2-6H3. The first kappa shape index (κ1) is 13.8. The monoisotopic (exact) mass is 222 g/mol. The zero-order valence-electron chi connectivity index (χ0n) is 11.9. The quantitative estimate of drug-likeness (QED) is 0.545. The third-order valence-corrected chi connectivity index (χ3v) is 5.04. The zero-order chi connectivity index (χ0) is 12.3. The highest BCUT2D eigenvalue weighted by atomic mass is 14.4. The van der Waals surface area contributed by atoms with E-state index in [9.17, 15) is 0 Å². The lowest BCUT2D eigenvalue weighted by Crippen LogP contribution is -2.35. The summed E-state index contributed by atoms with van der Waals surface area (Å²) < 4.78 is 0. The average molecular weight is 222 g/mol. The Bertz CT molecular complexity index is 208. The van der Waals surface area contributed by atoms with Gasteiger partial charge in [-0.25, -0.2) is 0 Å². The van der Waals surface area contributed by atoms with Crippen LogP contribution < -0.4 is 0 Å². The van der Waals surface area contributed by atoms with Gasteiger partial charge in [-0.15, -0.1) is 6.58 Å². The van der Waals surface area contributed by atoms with Crippen LogP contribution in [0.3, 0.4) is 0 Å². The number of hydrogen-bond donors (Lipinski definition) is 0. The maximum absolute atomic E-state index is 3.93. The molecular formula is C16H30. The summed E-state index contributed by atoms with van der Waals surface area (Å²) in [5.41, 5.74) is 0. The molecule has 0 N–H and O–H groups in total. The molecule has 0 bridgehead atoms. The average Bonchev–Trinajstić information content (AvgIpc) is 2.23. The molecule has 0 nitrogen and oxygen atoms in total. The van der Waals surface area contributed by atoms with Crippen LogP contribution in [-0.4, -0.2) is 0 Å². The lowest BCUT2D eigenvalue weighted by molar-refractivity contribution is 0.0592. The summed E-state index contributed by atoms with van der Waals surface area (Å²) in [6.45, 7) is 15.9. The molecule has 0 amide bonds. The van der Waals surface area contributed by atoms with Gasteiger partial charge in [-0.1, -0.05) is 40.7 Å². The van der Waals surface area contributed by atoms with Gasteiger partial charge >= 0.3 is 0 Å². The molecule has 0 heteroatoms. The third-order valence-electron chi connectivity index (χ3n) is 5.04. The summed E-state index contributed by atoms with van der Waals surface area (Å²) in [7, 11) is 0. The fourth-order valence-electron chi connectivity index (χ4n) is 3.40. The fraction of sp³-hybridized carbons (Fsp3) is 0.875. The van der Waals surface area contributed by atoms with E-state index < -0.39 is 0 Å². The second-order valence-corrected chi connectivity index (χ2v) is 6.48. The van der Waals surface area contributed by atoms with Gasteiger partial charge in [0.15, 0.2) is 0 Å². The summed E-state index contributed by atoms with van der Waals surface area (Å²) in [5, 5.41) is 0. The van der Waals surface area contributed by atoms with Crippen LogP contribution in [0.1, 0.15) is 53.9 Å². The molecule has 0 spiro atoms. The maximum Gasteiger partial charge on any atom is -0.0322 e. The topological polar surface area (TPSA) is 0 Å². The van der Waals surface area contributed by atoms with Gasteiger partial charge in [0.25, 0.3) is 0 Å². The molecule has 0 heterocycles. The summed E-state index contributed by atoms with van der Waals surface area (Å²) in [6.07, 6.45) is 6.20. The van der Waals surface area contributed by atoms with E-state index in [2.05, 4.69) is 47.3 Å². The van der Waals surface area contributed by atoms with E-state index in [1.807, 2.05) is 0 Å². The maximum atomic E-state index is 3.93. The van der Waals surface area contributed by atoms with Crippen LogP contribution in [0.25, 0.3) is 0 Å². The normalized spacial score (nSPS) is 33.2. The van der Waals surface area contributed by atoms with Gasteiger partial charge < -0.3 is 0 Å². The third kappa shape index (κ3) is 3.12. The van der Waals surface area contributed by atoms with Crippen LogP contribution in [0.15, 0.2) is 12.7 Å². The highest BCUT2D eigenvalue weighted by molar-refractivity contribution is 4.88. The molecule has 0 aromatic rings. The Kier molecular flexibility index (Phi) is 5.08. The Morgan fingerprint density at radius 3 is 2.12 bits per heavy atom. The van der Waals surface area contributed by atoms with Gasteiger partial charge in [0.2, 0.25) is 0 Å². The molecule has 0 radical (unpaired) electrons. The Morgan fingerprint density at radius 1 is 1.19 bits per heavy atom. The zero-order valence-corrected chi connectivity index (χ0v) is 11.9. The minimum absolute atomic E-state index is 0.802. The fourth-order valence-corrected chi connectivity index (χ4v) is 3.40. The van der Waals surface area contributed by atoms with Crippen molar-refractivity contribution in [1.29, 1.82) is 0 Å². The highest BCUT2D eigenvalue weighted by Gasteiger charge is 2.36. The van der Waals surface area contributed by atoms with Gasteiger partial charge in [-0.3, -0.25) is 0 Å². The summed E-state index contributed by atoms with van der Waals surface area (Å²) in [5.74, 6) is 5.39. The molecule has 0 aromatic carbocycles. The molecule has 1 rings (SSSR count). The van der Waals surface area contributed by atoms with Gasteiger partial charge in [-0.2, -0.15) is 0 Å². The van der Waals surface area contributed by atoms with Gasteiger partial charge in [0.1, 0.15) is 0 Å². The molecule has 16 heavy (non-hydrogen) atoms. The van der Waals surface area contributed by atoms with Crippen molar-refractivity contribution in [2.75, 3.05) is 0 Å². The minimum atomic E-state index is 0.802. The molecule has 4 unspecified atom stereocenters. The Morgan fingerprint density at radius 2 is 1.75 bits per heavy atom. The highest BCUT2D eigenvalue weighted by Crippen LogP contribution is 2.45. The molecule has 94 valence electrons. The molecule has 1 aliphatic rings. The molecule has 1 aliphatic carbocycles. The Hall–Kier alpha value is -0.260. The predicted octanol–water partition coefficient (Wildman–Crippen LogP) is 5.15. The molecule has 0 saturated heterocycles. The van der Waals surface area contributed by atoms with E-state index in [0.717, 1.165) is 35.5 Å². The summed E-state index contributed by atoms with van der Waals surface area (Å²) >= 11 is 0. The van der Waals surface area contributed by atoms with Gasteiger partial charge in [-0.05, 0) is 54.8 Å². The van der Waals surface area contributed by atoms with Crippen molar-refractivity contribution in [2.24, 2.45) is 35.5 Å². The van der Waals surface area contributed by atoms with Crippen molar-refractivity contribution < 1.29 is 0 Å². The first-order valence-corrected chi connectivity index (χ1v) is 7.08. The Balaban J connectivity index is 2.53. The number of rotatable bonds is 6. The van der Waals surface area contributed by atoms with E-state index >= 15 is 0 Å². The van der Waals surface area contributed by atoms with Crippen LogP contribution >= 0.6 is 0 Å². The SMILES string of the molecule is C=CCC(CC1C(C)CC1C)C(C)C(C)C. The largest absolute Gasteiger partial charge is 0.103 e. The number of hydrogen-bond acceptors (Lipinski definition) is 0. The molecule has 0 aliphatic heterocycles. The van der Waals surface area contributed by atoms with Crippen LogP contribution in [-0.2, 0) is 0 Å². The van der Waals surface area contributed by atoms with Crippen molar-refractivity contribution in [3.8, 4) is 0 Å². The van der Waals surface area contributed by atoms with Gasteiger partial charge in [0, 0.05) is 0 Å². The number of allylic oxidation sites excluding steroid dienone is 1. The van der Waals surface area contributed by atoms with E-state index in [1.54, 1.807) is 0 Å². The molecule has 4 atom stereocenters. The van der Waals surface area contributed by atoms with Crippen molar-refractivity contribution in [2.45, 2.75) is 53.9 Å². The van der Waals surface area contributed by atoms with Crippen LogP contribution in [0.2, 0.25) is 0 Å². The van der Waals surface area contributed by atoms with Gasteiger partial charge in [0.05, 0.1) is 0 Å². The second-order valence-electron chi connectivity index (χ2n) is 6.48. The van der Waals surface area contributed by atoms with E-state index in [1.165, 1.54) is 19.3 Å². The first-order chi connectivity index (χ1) is 7.47. The molecular weight excluding hydrogens is 192 g/mol. The van der Waals surface area contributed by atoms with Crippen molar-refractivity contribution in [1.82, 2.24) is 0 Å². The summed E-state index contributed by atoms with van der Waals surface area (Å²) in [6, 6.07) is 0. The molecule has 0 aromatic heterocycles. The van der Waals surface area contributed by atoms with Crippen LogP contribution in [0.4, 0.5) is 0 Å². The molecule has 1 fully saturated rings. The minimum Gasteiger partial charge on any atom is -0.103 e. The van der Waals surface area contributed by atoms with E-state index in [-0.39, 0.29) is 0 Å². The van der Waals surface area contributed by atoms with E-state index in [4.69, 9.17) is 0 Å². The summed E-state index contributed by atoms with van der Waals surface area (Å²) in [4.78, 5) is 0. The van der Waals surface area contributed by atoms with Crippen molar-refractivity contribution in [3.63, 3.8) is 0 Å². The van der Waals surface area contributed by atoms with Crippen LogP contribution in [0, 0.1) is 35.5 Å². The smallest absolute Gasteiger partial charge is 0.0322 e. The van der Waals surface area contributed by atoms with Crippen LogP contribution in [0.5, 0.6) is 0 Å².